The average molecular weight is 351 g/mol. The first-order valence-electron chi connectivity index (χ1n) is 9.12. The lowest BCUT2D eigenvalue weighted by molar-refractivity contribution is 0.0979. The fraction of sp³-hybridized carbons (Fsp3) is 0.318. The van der Waals surface area contributed by atoms with Crippen LogP contribution < -0.4 is 9.47 Å². The molecule has 0 fully saturated rings. The van der Waals surface area contributed by atoms with E-state index in [1.165, 1.54) is 0 Å². The van der Waals surface area contributed by atoms with Crippen molar-refractivity contribution in [2.24, 2.45) is 0 Å². The minimum absolute atomic E-state index is 0.317. The first-order valence-corrected chi connectivity index (χ1v) is 9.12. The van der Waals surface area contributed by atoms with E-state index in [1.54, 1.807) is 6.20 Å². The fourth-order valence-electron chi connectivity index (χ4n) is 2.79. The Balaban J connectivity index is 1.60. The average Bonchev–Trinajstić information content (AvgIpc) is 2.69. The summed E-state index contributed by atoms with van der Waals surface area (Å²) in [5.41, 5.74) is 1.87. The molecule has 0 spiro atoms. The molecule has 0 aliphatic carbocycles. The van der Waals surface area contributed by atoms with E-state index in [1.807, 2.05) is 54.6 Å². The molecule has 0 amide bonds. The van der Waals surface area contributed by atoms with Crippen LogP contribution >= 0.6 is 0 Å². The molecule has 0 aliphatic heterocycles. The summed E-state index contributed by atoms with van der Waals surface area (Å²) in [6.07, 6.45) is 4.21. The van der Waals surface area contributed by atoms with Gasteiger partial charge in [-0.05, 0) is 36.2 Å². The highest BCUT2D eigenvalue weighted by Crippen LogP contribution is 2.24. The highest BCUT2D eigenvalue weighted by molar-refractivity contribution is 5.84. The van der Waals surface area contributed by atoms with E-state index in [2.05, 4.69) is 11.9 Å². The lowest BCUT2D eigenvalue weighted by atomic mass is 10.2. The Morgan fingerprint density at radius 2 is 1.88 bits per heavy atom. The topological polar surface area (TPSA) is 51.6 Å². The van der Waals surface area contributed by atoms with Crippen molar-refractivity contribution < 1.29 is 14.6 Å². The molecule has 0 aliphatic rings. The van der Waals surface area contributed by atoms with Crippen molar-refractivity contribution in [3.8, 4) is 11.5 Å². The van der Waals surface area contributed by atoms with E-state index in [4.69, 9.17) is 9.47 Å². The molecular formula is C22H25NO3. The molecule has 26 heavy (non-hydrogen) atoms. The van der Waals surface area contributed by atoms with Gasteiger partial charge in [0.15, 0.2) is 0 Å². The molecule has 0 saturated carbocycles. The highest BCUT2D eigenvalue weighted by Gasteiger charge is 2.06. The summed E-state index contributed by atoms with van der Waals surface area (Å²) in [4.78, 5) is 4.41. The minimum atomic E-state index is -0.420. The smallest absolute Gasteiger partial charge is 0.146 e. The summed E-state index contributed by atoms with van der Waals surface area (Å²) in [5.74, 6) is 1.52. The molecule has 1 atom stereocenters. The Bertz CT molecular complexity index is 829. The number of aliphatic hydroxyl groups excluding tert-OH is 1. The van der Waals surface area contributed by atoms with Crippen molar-refractivity contribution in [1.29, 1.82) is 0 Å². The molecular weight excluding hydrogens is 326 g/mol. The number of ether oxygens (including phenoxy) is 2. The first kappa shape index (κ1) is 18.2. The predicted molar refractivity (Wildman–Crippen MR) is 104 cm³/mol. The summed E-state index contributed by atoms with van der Waals surface area (Å²) >= 11 is 0. The van der Waals surface area contributed by atoms with Crippen LogP contribution in [0.5, 0.6) is 11.5 Å². The lowest BCUT2D eigenvalue weighted by Crippen LogP contribution is -2.17. The van der Waals surface area contributed by atoms with Crippen molar-refractivity contribution in [3.05, 3.63) is 66.4 Å². The van der Waals surface area contributed by atoms with Gasteiger partial charge in [0.25, 0.3) is 0 Å². The highest BCUT2D eigenvalue weighted by atomic mass is 16.5. The summed E-state index contributed by atoms with van der Waals surface area (Å²) in [6.45, 7) is 2.87. The zero-order valence-electron chi connectivity index (χ0n) is 15.1. The monoisotopic (exact) mass is 351 g/mol. The summed E-state index contributed by atoms with van der Waals surface area (Å²) in [7, 11) is 0. The number of nitrogens with zero attached hydrogens (tertiary/aromatic N) is 1. The molecule has 136 valence electrons. The van der Waals surface area contributed by atoms with Crippen molar-refractivity contribution in [2.45, 2.75) is 38.9 Å². The Morgan fingerprint density at radius 3 is 2.77 bits per heavy atom. The number of pyridine rings is 1. The van der Waals surface area contributed by atoms with Crippen molar-refractivity contribution >= 4 is 10.9 Å². The van der Waals surface area contributed by atoms with Gasteiger partial charge in [-0.2, -0.15) is 0 Å². The third kappa shape index (κ3) is 4.96. The normalized spacial score (nSPS) is 12.1. The third-order valence-electron chi connectivity index (χ3n) is 4.22. The lowest BCUT2D eigenvalue weighted by Gasteiger charge is -2.13. The molecule has 4 heteroatoms. The molecule has 2 aromatic carbocycles. The number of aliphatic hydroxyl groups is 1. The molecule has 0 saturated heterocycles. The van der Waals surface area contributed by atoms with Crippen LogP contribution in [-0.2, 0) is 6.61 Å². The van der Waals surface area contributed by atoms with Crippen LogP contribution in [-0.4, -0.2) is 22.8 Å². The van der Waals surface area contributed by atoms with Crippen LogP contribution in [0.3, 0.4) is 0 Å². The quantitative estimate of drug-likeness (QED) is 0.605. The van der Waals surface area contributed by atoms with E-state index >= 15 is 0 Å². The Kier molecular flexibility index (Phi) is 6.45. The van der Waals surface area contributed by atoms with Crippen LogP contribution in [0, 0.1) is 0 Å². The van der Waals surface area contributed by atoms with Crippen molar-refractivity contribution in [2.75, 3.05) is 6.61 Å². The number of hydrogen-bond acceptors (Lipinski definition) is 4. The molecule has 1 heterocycles. The summed E-state index contributed by atoms with van der Waals surface area (Å²) in [5, 5.41) is 11.0. The van der Waals surface area contributed by atoms with E-state index < -0.39 is 6.10 Å². The zero-order chi connectivity index (χ0) is 18.2. The fourth-order valence-corrected chi connectivity index (χ4v) is 2.79. The van der Waals surface area contributed by atoms with E-state index in [0.717, 1.165) is 47.2 Å². The number of benzene rings is 2. The van der Waals surface area contributed by atoms with Gasteiger partial charge in [-0.3, -0.25) is 4.98 Å². The van der Waals surface area contributed by atoms with Crippen LogP contribution in [0.1, 0.15) is 31.7 Å². The second-order valence-corrected chi connectivity index (χ2v) is 6.37. The van der Waals surface area contributed by atoms with Crippen molar-refractivity contribution in [3.63, 3.8) is 0 Å². The van der Waals surface area contributed by atoms with Gasteiger partial charge in [-0.15, -0.1) is 0 Å². The summed E-state index contributed by atoms with van der Waals surface area (Å²) in [6, 6.07) is 17.6. The molecule has 0 radical (unpaired) electrons. The molecule has 1 N–H and O–H groups in total. The van der Waals surface area contributed by atoms with Gasteiger partial charge in [0, 0.05) is 11.6 Å². The third-order valence-corrected chi connectivity index (χ3v) is 4.22. The molecule has 0 bridgehead atoms. The Morgan fingerprint density at radius 1 is 1.04 bits per heavy atom. The van der Waals surface area contributed by atoms with Gasteiger partial charge in [0.2, 0.25) is 0 Å². The first-order chi connectivity index (χ1) is 12.8. The second-order valence-electron chi connectivity index (χ2n) is 6.37. The standard InChI is InChI=1S/C22H25NO3/c1-2-3-10-19(24)16-25-20-11-4-7-17(14-20)15-26-21-12-5-8-18-9-6-13-23-22(18)21/h4-9,11-14,19,24H,2-3,10,15-16H2,1H3. The molecule has 3 rings (SSSR count). The van der Waals surface area contributed by atoms with Crippen LogP contribution in [0.15, 0.2) is 60.8 Å². The number of unbranched alkanes of at least 4 members (excludes halogenated alkanes) is 1. The van der Waals surface area contributed by atoms with Gasteiger partial charge in [-0.1, -0.05) is 50.1 Å². The van der Waals surface area contributed by atoms with Crippen molar-refractivity contribution in [1.82, 2.24) is 4.98 Å². The zero-order valence-corrected chi connectivity index (χ0v) is 15.1. The predicted octanol–water partition coefficient (Wildman–Crippen LogP) is 4.74. The van der Waals surface area contributed by atoms with Gasteiger partial charge in [0.05, 0.1) is 6.10 Å². The number of aromatic nitrogens is 1. The Hall–Kier alpha value is -2.59. The van der Waals surface area contributed by atoms with Gasteiger partial charge in [0.1, 0.15) is 30.2 Å². The molecule has 4 nitrogen and oxygen atoms in total. The van der Waals surface area contributed by atoms with Gasteiger partial charge >= 0.3 is 0 Å². The Labute approximate surface area is 154 Å². The van der Waals surface area contributed by atoms with E-state index in [9.17, 15) is 5.11 Å². The maximum Gasteiger partial charge on any atom is 0.146 e. The van der Waals surface area contributed by atoms with Gasteiger partial charge < -0.3 is 14.6 Å². The largest absolute Gasteiger partial charge is 0.491 e. The van der Waals surface area contributed by atoms with Crippen LogP contribution in [0.25, 0.3) is 10.9 Å². The second kappa shape index (κ2) is 9.20. The van der Waals surface area contributed by atoms with E-state index in [0.29, 0.717) is 13.2 Å². The number of para-hydroxylation sites is 1. The minimum Gasteiger partial charge on any atom is -0.491 e. The SMILES string of the molecule is CCCCC(O)COc1cccc(COc2cccc3cccnc23)c1. The maximum absolute atomic E-state index is 9.91. The van der Waals surface area contributed by atoms with Gasteiger partial charge in [-0.25, -0.2) is 0 Å². The molecule has 1 unspecified atom stereocenters. The molecule has 3 aromatic rings. The number of rotatable bonds is 9. The maximum atomic E-state index is 9.91. The number of hydrogen-bond donors (Lipinski definition) is 1. The van der Waals surface area contributed by atoms with Crippen LogP contribution in [0.2, 0.25) is 0 Å². The summed E-state index contributed by atoms with van der Waals surface area (Å²) < 4.78 is 11.7. The molecule has 1 aromatic heterocycles. The van der Waals surface area contributed by atoms with E-state index in [-0.39, 0.29) is 0 Å². The van der Waals surface area contributed by atoms with Crippen LogP contribution in [0.4, 0.5) is 0 Å². The number of fused-ring (bicyclic) bond motifs is 1.